The molecule has 5 rings (SSSR count). The quantitative estimate of drug-likeness (QED) is 0.277. The van der Waals surface area contributed by atoms with Gasteiger partial charge in [0, 0.05) is 27.6 Å². The van der Waals surface area contributed by atoms with Gasteiger partial charge in [0.05, 0.1) is 16.9 Å². The second-order valence-corrected chi connectivity index (χ2v) is 9.93. The molecule has 0 aromatic carbocycles. The Morgan fingerprint density at radius 1 is 0.571 bits per heavy atom. The summed E-state index contributed by atoms with van der Waals surface area (Å²) in [6.07, 6.45) is 3.93. The standard InChI is InChI=1S/C31H38N4/c1-9-20-16(5)24-13-28-22(11-3)18(7)30(34-28)31-19(8)23(12-4)29(35-31)14-25-17(6)21(10-2)27(33-25)15-26(20)32-24/h13-15,32-34H,9-12H2,1-8H3. The largest absolute Gasteiger partial charge is 0.355 e. The summed E-state index contributed by atoms with van der Waals surface area (Å²) >= 11 is 0. The van der Waals surface area contributed by atoms with Crippen molar-refractivity contribution in [3.63, 3.8) is 0 Å². The van der Waals surface area contributed by atoms with Crippen molar-refractivity contribution in [2.75, 3.05) is 0 Å². The molecule has 8 bridgehead atoms. The van der Waals surface area contributed by atoms with Crippen LogP contribution in [0.2, 0.25) is 0 Å². The molecule has 0 unspecified atom stereocenters. The number of aromatic nitrogens is 4. The van der Waals surface area contributed by atoms with Gasteiger partial charge in [0.2, 0.25) is 0 Å². The van der Waals surface area contributed by atoms with E-state index in [1.165, 1.54) is 66.6 Å². The summed E-state index contributed by atoms with van der Waals surface area (Å²) in [6, 6.07) is 6.88. The van der Waals surface area contributed by atoms with Crippen LogP contribution in [0.15, 0.2) is 18.2 Å². The van der Waals surface area contributed by atoms with Crippen LogP contribution >= 0.6 is 0 Å². The van der Waals surface area contributed by atoms with Crippen LogP contribution in [0.5, 0.6) is 0 Å². The molecule has 4 aromatic rings. The second-order valence-electron chi connectivity index (χ2n) is 9.93. The van der Waals surface area contributed by atoms with Crippen molar-refractivity contribution >= 4 is 44.2 Å². The highest BCUT2D eigenvalue weighted by atomic mass is 14.8. The summed E-state index contributed by atoms with van der Waals surface area (Å²) in [5.74, 6) is 0. The van der Waals surface area contributed by atoms with Gasteiger partial charge in [-0.1, -0.05) is 27.7 Å². The van der Waals surface area contributed by atoms with Crippen molar-refractivity contribution in [1.29, 1.82) is 0 Å². The Bertz CT molecular complexity index is 1620. The van der Waals surface area contributed by atoms with Crippen molar-refractivity contribution in [2.24, 2.45) is 0 Å². The molecule has 5 heterocycles. The van der Waals surface area contributed by atoms with Crippen LogP contribution in [0.1, 0.15) is 85.8 Å². The van der Waals surface area contributed by atoms with E-state index >= 15 is 0 Å². The molecular weight excluding hydrogens is 428 g/mol. The third kappa shape index (κ3) is 3.53. The molecule has 0 saturated carbocycles. The summed E-state index contributed by atoms with van der Waals surface area (Å²) in [7, 11) is 0. The zero-order chi connectivity index (χ0) is 25.0. The molecule has 35 heavy (non-hydrogen) atoms. The minimum Gasteiger partial charge on any atom is -0.355 e. The topological polar surface area (TPSA) is 60.3 Å². The average molecular weight is 467 g/mol. The SMILES string of the molecule is CCC1=C(C)c2nc1cc1[nH]c(cc3[nH]c(cc4[nH]c2c(C)c4CC)c(C)c3CC)c(CC)c1C. The van der Waals surface area contributed by atoms with Gasteiger partial charge in [0.15, 0.2) is 0 Å². The molecule has 0 amide bonds. The molecule has 0 spiro atoms. The molecule has 0 aliphatic carbocycles. The molecule has 3 N–H and O–H groups in total. The Kier molecular flexibility index (Phi) is 5.86. The van der Waals surface area contributed by atoms with Gasteiger partial charge in [-0.25, -0.2) is 4.98 Å². The molecule has 182 valence electrons. The molecule has 1 aliphatic heterocycles. The van der Waals surface area contributed by atoms with E-state index in [2.05, 4.69) is 88.5 Å². The number of allylic oxidation sites excluding steroid dienone is 2. The number of aryl methyl sites for hydroxylation is 6. The third-order valence-electron chi connectivity index (χ3n) is 8.17. The van der Waals surface area contributed by atoms with Gasteiger partial charge < -0.3 is 15.0 Å². The average Bonchev–Trinajstić information content (AvgIpc) is 3.50. The Balaban J connectivity index is 2.06. The lowest BCUT2D eigenvalue weighted by Crippen LogP contribution is -1.84. The summed E-state index contributed by atoms with van der Waals surface area (Å²) < 4.78 is 0. The summed E-state index contributed by atoms with van der Waals surface area (Å²) in [6.45, 7) is 17.9. The van der Waals surface area contributed by atoms with Crippen LogP contribution in [0, 0.1) is 20.8 Å². The van der Waals surface area contributed by atoms with Gasteiger partial charge >= 0.3 is 0 Å². The fraction of sp³-hybridized carbons (Fsp3) is 0.387. The number of rotatable bonds is 4. The van der Waals surface area contributed by atoms with E-state index in [4.69, 9.17) is 4.98 Å². The van der Waals surface area contributed by atoms with E-state index in [1.54, 1.807) is 0 Å². The van der Waals surface area contributed by atoms with Crippen molar-refractivity contribution < 1.29 is 0 Å². The molecule has 4 nitrogen and oxygen atoms in total. The van der Waals surface area contributed by atoms with Crippen molar-refractivity contribution in [2.45, 2.75) is 81.1 Å². The van der Waals surface area contributed by atoms with Gasteiger partial charge in [-0.2, -0.15) is 0 Å². The number of H-pyrrole nitrogens is 3. The Morgan fingerprint density at radius 2 is 1.06 bits per heavy atom. The van der Waals surface area contributed by atoms with E-state index < -0.39 is 0 Å². The van der Waals surface area contributed by atoms with Gasteiger partial charge in [-0.15, -0.1) is 0 Å². The number of hydrogen-bond donors (Lipinski definition) is 3. The highest BCUT2D eigenvalue weighted by molar-refractivity contribution is 5.97. The molecule has 1 aliphatic rings. The van der Waals surface area contributed by atoms with Crippen LogP contribution in [0.25, 0.3) is 44.2 Å². The van der Waals surface area contributed by atoms with E-state index in [9.17, 15) is 0 Å². The highest BCUT2D eigenvalue weighted by Gasteiger charge is 2.20. The number of hydrogen-bond acceptors (Lipinski definition) is 1. The third-order valence-corrected chi connectivity index (χ3v) is 8.17. The van der Waals surface area contributed by atoms with Crippen LogP contribution in [-0.4, -0.2) is 19.9 Å². The maximum absolute atomic E-state index is 5.22. The summed E-state index contributed by atoms with van der Waals surface area (Å²) in [4.78, 5) is 16.5. The van der Waals surface area contributed by atoms with Gasteiger partial charge in [0.1, 0.15) is 0 Å². The molecule has 0 atom stereocenters. The molecule has 4 heteroatoms. The summed E-state index contributed by atoms with van der Waals surface area (Å²) in [5.41, 5.74) is 19.9. The molecule has 0 fully saturated rings. The van der Waals surface area contributed by atoms with Crippen molar-refractivity contribution in [3.05, 3.63) is 63.0 Å². The highest BCUT2D eigenvalue weighted by Crippen LogP contribution is 2.36. The zero-order valence-electron chi connectivity index (χ0n) is 22.5. The van der Waals surface area contributed by atoms with Crippen LogP contribution in [0.4, 0.5) is 0 Å². The Labute approximate surface area is 208 Å². The summed E-state index contributed by atoms with van der Waals surface area (Å²) in [5, 5.41) is 0. The maximum atomic E-state index is 5.22. The van der Waals surface area contributed by atoms with Gasteiger partial charge in [-0.3, -0.25) is 0 Å². The predicted octanol–water partition coefficient (Wildman–Crippen LogP) is 8.48. The normalized spacial score (nSPS) is 12.9. The molecule has 0 saturated heterocycles. The van der Waals surface area contributed by atoms with Crippen LogP contribution < -0.4 is 0 Å². The van der Waals surface area contributed by atoms with Crippen LogP contribution in [0.3, 0.4) is 0 Å². The molecule has 0 radical (unpaired) electrons. The van der Waals surface area contributed by atoms with Crippen molar-refractivity contribution in [1.82, 2.24) is 19.9 Å². The minimum atomic E-state index is 0.964. The lowest BCUT2D eigenvalue weighted by molar-refractivity contribution is 1.14. The fourth-order valence-electron chi connectivity index (χ4n) is 6.12. The number of nitrogens with zero attached hydrogens (tertiary/aromatic N) is 1. The first-order valence-corrected chi connectivity index (χ1v) is 13.2. The Hall–Kier alpha value is -3.27. The lowest BCUT2D eigenvalue weighted by atomic mass is 10.0. The Morgan fingerprint density at radius 3 is 1.60 bits per heavy atom. The second kappa shape index (κ2) is 8.75. The number of aromatic amines is 3. The van der Waals surface area contributed by atoms with E-state index in [0.717, 1.165) is 48.1 Å². The zero-order valence-corrected chi connectivity index (χ0v) is 22.5. The van der Waals surface area contributed by atoms with E-state index in [-0.39, 0.29) is 0 Å². The smallest absolute Gasteiger partial charge is 0.0907 e. The van der Waals surface area contributed by atoms with Crippen molar-refractivity contribution in [3.8, 4) is 0 Å². The fourth-order valence-corrected chi connectivity index (χ4v) is 6.12. The number of fused-ring (bicyclic) bond motifs is 9. The van der Waals surface area contributed by atoms with Gasteiger partial charge in [0.25, 0.3) is 0 Å². The predicted molar refractivity (Wildman–Crippen MR) is 151 cm³/mol. The van der Waals surface area contributed by atoms with E-state index in [0.29, 0.717) is 0 Å². The molecular formula is C31H38N4. The first-order valence-electron chi connectivity index (χ1n) is 13.2. The molecule has 4 aromatic heterocycles. The lowest BCUT2D eigenvalue weighted by Gasteiger charge is -2.00. The van der Waals surface area contributed by atoms with Gasteiger partial charge in [-0.05, 0) is 116 Å². The first-order chi connectivity index (χ1) is 16.8. The first kappa shape index (κ1) is 23.5. The maximum Gasteiger partial charge on any atom is 0.0907 e. The van der Waals surface area contributed by atoms with Crippen LogP contribution in [-0.2, 0) is 19.3 Å². The number of nitrogens with one attached hydrogen (secondary N) is 3. The monoisotopic (exact) mass is 466 g/mol. The van der Waals surface area contributed by atoms with E-state index in [1.807, 2.05) is 0 Å². The minimum absolute atomic E-state index is 0.964.